The Hall–Kier alpha value is -1.91. The third-order valence-electron chi connectivity index (χ3n) is 2.00. The minimum atomic E-state index is 0.651. The second kappa shape index (κ2) is 4.08. The van der Waals surface area contributed by atoms with E-state index in [4.69, 9.17) is 4.74 Å². The van der Waals surface area contributed by atoms with Crippen LogP contribution in [-0.2, 0) is 0 Å². The highest BCUT2D eigenvalue weighted by molar-refractivity contribution is 5.38. The number of benzene rings is 1. The minimum Gasteiger partial charge on any atom is -0.494 e. The van der Waals surface area contributed by atoms with Crippen LogP contribution in [0.25, 0.3) is 5.69 Å². The zero-order valence-electron chi connectivity index (χ0n) is 8.71. The first-order valence-electron chi connectivity index (χ1n) is 4.79. The van der Waals surface area contributed by atoms with Crippen LogP contribution in [0.3, 0.4) is 0 Å². The number of ether oxygens (including phenoxy) is 1. The maximum absolute atomic E-state index is 5.40. The summed E-state index contributed by atoms with van der Waals surface area (Å²) in [4.78, 5) is 0. The van der Waals surface area contributed by atoms with E-state index in [1.807, 2.05) is 38.1 Å². The molecular formula is C10H12N4O. The van der Waals surface area contributed by atoms with E-state index in [0.29, 0.717) is 6.61 Å². The molecule has 0 fully saturated rings. The van der Waals surface area contributed by atoms with E-state index in [0.717, 1.165) is 17.3 Å². The monoisotopic (exact) mass is 204 g/mol. The van der Waals surface area contributed by atoms with Gasteiger partial charge in [-0.25, -0.2) is 0 Å². The highest BCUT2D eigenvalue weighted by Gasteiger charge is 2.03. The Labute approximate surface area is 87.7 Å². The molecule has 5 heteroatoms. The molecule has 2 rings (SSSR count). The Bertz CT molecular complexity index is 452. The standard InChI is InChI=1S/C10H12N4O/c1-3-15-10-6-4-5-9(7-10)14-8(2)11-12-13-14/h4-7H,3H2,1-2H3. The highest BCUT2D eigenvalue weighted by atomic mass is 16.5. The summed E-state index contributed by atoms with van der Waals surface area (Å²) in [6.45, 7) is 4.46. The number of aryl methyl sites for hydroxylation is 1. The van der Waals surface area contributed by atoms with Crippen molar-refractivity contribution in [3.05, 3.63) is 30.1 Å². The fourth-order valence-electron chi connectivity index (χ4n) is 1.34. The SMILES string of the molecule is CCOc1cccc(-n2nnnc2C)c1. The number of nitrogens with zero attached hydrogens (tertiary/aromatic N) is 4. The molecule has 78 valence electrons. The molecule has 1 aromatic heterocycles. The maximum atomic E-state index is 5.40. The van der Waals surface area contributed by atoms with Crippen LogP contribution in [0.4, 0.5) is 0 Å². The quantitative estimate of drug-likeness (QED) is 0.757. The summed E-state index contributed by atoms with van der Waals surface area (Å²) in [7, 11) is 0. The molecule has 0 bridgehead atoms. The first kappa shape index (κ1) is 9.64. The van der Waals surface area contributed by atoms with Crippen molar-refractivity contribution in [3.63, 3.8) is 0 Å². The average molecular weight is 204 g/mol. The van der Waals surface area contributed by atoms with Gasteiger partial charge in [-0.05, 0) is 36.4 Å². The molecule has 0 saturated heterocycles. The van der Waals surface area contributed by atoms with Crippen LogP contribution in [0.1, 0.15) is 12.7 Å². The Morgan fingerprint density at radius 1 is 1.40 bits per heavy atom. The molecule has 0 unspecified atom stereocenters. The van der Waals surface area contributed by atoms with Crippen molar-refractivity contribution in [2.75, 3.05) is 6.61 Å². The summed E-state index contributed by atoms with van der Waals surface area (Å²) in [5, 5.41) is 11.3. The van der Waals surface area contributed by atoms with Gasteiger partial charge in [0.25, 0.3) is 0 Å². The number of rotatable bonds is 3. The van der Waals surface area contributed by atoms with Crippen LogP contribution < -0.4 is 4.74 Å². The largest absolute Gasteiger partial charge is 0.494 e. The van der Waals surface area contributed by atoms with Gasteiger partial charge in [-0.15, -0.1) is 5.10 Å². The van der Waals surface area contributed by atoms with Crippen LogP contribution in [0.2, 0.25) is 0 Å². The fourth-order valence-corrected chi connectivity index (χ4v) is 1.34. The van der Waals surface area contributed by atoms with E-state index in [1.54, 1.807) is 4.68 Å². The molecule has 2 aromatic rings. The lowest BCUT2D eigenvalue weighted by atomic mass is 10.3. The molecule has 0 aliphatic heterocycles. The normalized spacial score (nSPS) is 10.3. The molecule has 1 aromatic carbocycles. The lowest BCUT2D eigenvalue weighted by Crippen LogP contribution is -2.00. The van der Waals surface area contributed by atoms with E-state index in [9.17, 15) is 0 Å². The molecule has 0 aliphatic carbocycles. The molecule has 0 saturated carbocycles. The fraction of sp³-hybridized carbons (Fsp3) is 0.300. The van der Waals surface area contributed by atoms with Gasteiger partial charge in [0.15, 0.2) is 5.82 Å². The molecule has 0 radical (unpaired) electrons. The van der Waals surface area contributed by atoms with E-state index < -0.39 is 0 Å². The second-order valence-electron chi connectivity index (χ2n) is 3.07. The lowest BCUT2D eigenvalue weighted by Gasteiger charge is -2.05. The van der Waals surface area contributed by atoms with Crippen LogP contribution in [0, 0.1) is 6.92 Å². The molecule has 0 N–H and O–H groups in total. The smallest absolute Gasteiger partial charge is 0.153 e. The Morgan fingerprint density at radius 2 is 2.27 bits per heavy atom. The average Bonchev–Trinajstić information content (AvgIpc) is 2.65. The summed E-state index contributed by atoms with van der Waals surface area (Å²) in [5.74, 6) is 1.58. The van der Waals surface area contributed by atoms with Crippen molar-refractivity contribution in [3.8, 4) is 11.4 Å². The van der Waals surface area contributed by atoms with Crippen molar-refractivity contribution in [1.29, 1.82) is 0 Å². The minimum absolute atomic E-state index is 0.651. The summed E-state index contributed by atoms with van der Waals surface area (Å²) in [6, 6.07) is 7.67. The van der Waals surface area contributed by atoms with Gasteiger partial charge in [0.2, 0.25) is 0 Å². The molecule has 0 atom stereocenters. The summed E-state index contributed by atoms with van der Waals surface area (Å²) >= 11 is 0. The molecular weight excluding hydrogens is 192 g/mol. The van der Waals surface area contributed by atoms with E-state index in [2.05, 4.69) is 15.5 Å². The summed E-state index contributed by atoms with van der Waals surface area (Å²) in [6.07, 6.45) is 0. The first-order valence-corrected chi connectivity index (χ1v) is 4.79. The molecule has 15 heavy (non-hydrogen) atoms. The van der Waals surface area contributed by atoms with Crippen LogP contribution >= 0.6 is 0 Å². The van der Waals surface area contributed by atoms with Gasteiger partial charge >= 0.3 is 0 Å². The molecule has 5 nitrogen and oxygen atoms in total. The molecule has 1 heterocycles. The van der Waals surface area contributed by atoms with E-state index >= 15 is 0 Å². The second-order valence-corrected chi connectivity index (χ2v) is 3.07. The highest BCUT2D eigenvalue weighted by Crippen LogP contribution is 2.16. The zero-order chi connectivity index (χ0) is 10.7. The first-order chi connectivity index (χ1) is 7.31. The third-order valence-corrected chi connectivity index (χ3v) is 2.00. The van der Waals surface area contributed by atoms with Gasteiger partial charge < -0.3 is 4.74 Å². The number of hydrogen-bond acceptors (Lipinski definition) is 4. The van der Waals surface area contributed by atoms with E-state index in [-0.39, 0.29) is 0 Å². The molecule has 0 aliphatic rings. The van der Waals surface area contributed by atoms with Crippen molar-refractivity contribution in [2.24, 2.45) is 0 Å². The summed E-state index contributed by atoms with van der Waals surface area (Å²) in [5.41, 5.74) is 0.906. The van der Waals surface area contributed by atoms with Gasteiger partial charge in [-0.3, -0.25) is 0 Å². The van der Waals surface area contributed by atoms with Crippen LogP contribution in [-0.4, -0.2) is 26.8 Å². The van der Waals surface area contributed by atoms with Crippen molar-refractivity contribution < 1.29 is 4.74 Å². The van der Waals surface area contributed by atoms with E-state index in [1.165, 1.54) is 0 Å². The predicted octanol–water partition coefficient (Wildman–Crippen LogP) is 1.37. The Kier molecular flexibility index (Phi) is 2.62. The van der Waals surface area contributed by atoms with Gasteiger partial charge in [0, 0.05) is 6.07 Å². The van der Waals surface area contributed by atoms with Gasteiger partial charge in [0.1, 0.15) is 5.75 Å². The number of aromatic nitrogens is 4. The van der Waals surface area contributed by atoms with Crippen LogP contribution in [0.15, 0.2) is 24.3 Å². The molecule has 0 amide bonds. The van der Waals surface area contributed by atoms with Crippen LogP contribution in [0.5, 0.6) is 5.75 Å². The molecule has 0 spiro atoms. The van der Waals surface area contributed by atoms with Crippen molar-refractivity contribution in [1.82, 2.24) is 20.2 Å². The predicted molar refractivity (Wildman–Crippen MR) is 55.1 cm³/mol. The summed E-state index contributed by atoms with van der Waals surface area (Å²) < 4.78 is 7.07. The van der Waals surface area contributed by atoms with Crippen molar-refractivity contribution in [2.45, 2.75) is 13.8 Å². The van der Waals surface area contributed by atoms with Gasteiger partial charge in [-0.2, -0.15) is 4.68 Å². The van der Waals surface area contributed by atoms with Gasteiger partial charge in [-0.1, -0.05) is 6.07 Å². The maximum Gasteiger partial charge on any atom is 0.153 e. The number of tetrazole rings is 1. The lowest BCUT2D eigenvalue weighted by molar-refractivity contribution is 0.340. The van der Waals surface area contributed by atoms with Gasteiger partial charge in [0.05, 0.1) is 12.3 Å². The topological polar surface area (TPSA) is 52.8 Å². The Balaban J connectivity index is 2.37. The number of hydrogen-bond donors (Lipinski definition) is 0. The van der Waals surface area contributed by atoms with Crippen molar-refractivity contribution >= 4 is 0 Å². The Morgan fingerprint density at radius 3 is 2.93 bits per heavy atom. The third kappa shape index (κ3) is 1.96. The zero-order valence-corrected chi connectivity index (χ0v) is 8.71.